The zero-order valence-corrected chi connectivity index (χ0v) is 16.6. The summed E-state index contributed by atoms with van der Waals surface area (Å²) in [4.78, 5) is 30.9. The lowest BCUT2D eigenvalue weighted by molar-refractivity contribution is -0.134. The lowest BCUT2D eigenvalue weighted by Crippen LogP contribution is -2.48. The second-order valence-corrected chi connectivity index (χ2v) is 7.49. The summed E-state index contributed by atoms with van der Waals surface area (Å²) in [6.45, 7) is 7.85. The molecule has 6 nitrogen and oxygen atoms in total. The van der Waals surface area contributed by atoms with E-state index < -0.39 is 5.97 Å². The Bertz CT molecular complexity index is 719. The van der Waals surface area contributed by atoms with Crippen LogP contribution in [0.5, 0.6) is 0 Å². The predicted molar refractivity (Wildman–Crippen MR) is 100.0 cm³/mol. The molecular weight excluding hydrogens is 350 g/mol. The number of hydrogen-bond donors (Lipinski definition) is 0. The molecule has 1 fully saturated rings. The minimum atomic E-state index is -0.488. The molecular formula is C19H25N3O3S. The molecule has 0 spiro atoms. The van der Waals surface area contributed by atoms with Gasteiger partial charge in [-0.3, -0.25) is 4.79 Å². The van der Waals surface area contributed by atoms with Crippen molar-refractivity contribution in [2.45, 2.75) is 64.1 Å². The number of carbonyl (C=O) groups excluding carboxylic acids is 2. The Morgan fingerprint density at radius 2 is 2.04 bits per heavy atom. The van der Waals surface area contributed by atoms with Crippen molar-refractivity contribution in [1.82, 2.24) is 9.88 Å². The van der Waals surface area contributed by atoms with Gasteiger partial charge in [0.25, 0.3) is 0 Å². The van der Waals surface area contributed by atoms with Gasteiger partial charge in [0.15, 0.2) is 0 Å². The summed E-state index contributed by atoms with van der Waals surface area (Å²) < 4.78 is 4.99. The van der Waals surface area contributed by atoms with E-state index in [-0.39, 0.29) is 41.5 Å². The van der Waals surface area contributed by atoms with Gasteiger partial charge >= 0.3 is 5.97 Å². The van der Waals surface area contributed by atoms with Crippen LogP contribution in [-0.2, 0) is 9.53 Å². The van der Waals surface area contributed by atoms with Crippen LogP contribution >= 0.6 is 11.8 Å². The molecule has 7 heteroatoms. The molecule has 2 rings (SSSR count). The number of nitriles is 1. The highest BCUT2D eigenvalue weighted by Gasteiger charge is 2.29. The average molecular weight is 375 g/mol. The zero-order chi connectivity index (χ0) is 19.3. The molecule has 1 aromatic rings. The lowest BCUT2D eigenvalue weighted by Gasteiger charge is -2.39. The first-order valence-corrected chi connectivity index (χ1v) is 9.90. The van der Waals surface area contributed by atoms with Crippen LogP contribution in [0.2, 0.25) is 0 Å². The van der Waals surface area contributed by atoms with E-state index in [1.54, 1.807) is 13.8 Å². The molecule has 0 bridgehead atoms. The highest BCUT2D eigenvalue weighted by Crippen LogP contribution is 2.27. The van der Waals surface area contributed by atoms with Crippen molar-refractivity contribution in [3.8, 4) is 6.07 Å². The number of carbonyl (C=O) groups is 2. The standard InChI is InChI=1S/C19H25N3O3S/c1-5-25-19(24)16-9-15(10-20)18(21-14(16)4)26-11-17(23)22-12(2)7-6-8-13(22)3/h9,12-13H,5-8,11H2,1-4H3/t12-,13+. The molecule has 0 aliphatic carbocycles. The number of aryl methyl sites for hydroxylation is 1. The van der Waals surface area contributed by atoms with Crippen LogP contribution in [0.15, 0.2) is 11.1 Å². The summed E-state index contributed by atoms with van der Waals surface area (Å²) in [5.74, 6) is -0.195. The van der Waals surface area contributed by atoms with E-state index in [1.165, 1.54) is 17.8 Å². The summed E-state index contributed by atoms with van der Waals surface area (Å²) in [5.41, 5.74) is 1.07. The Labute approximate surface area is 158 Å². The third-order valence-corrected chi connectivity index (χ3v) is 5.58. The Hall–Kier alpha value is -2.07. The van der Waals surface area contributed by atoms with E-state index in [0.717, 1.165) is 19.3 Å². The molecule has 26 heavy (non-hydrogen) atoms. The number of hydrogen-bond acceptors (Lipinski definition) is 6. The van der Waals surface area contributed by atoms with Gasteiger partial charge in [-0.25, -0.2) is 9.78 Å². The van der Waals surface area contributed by atoms with Gasteiger partial charge < -0.3 is 9.64 Å². The van der Waals surface area contributed by atoms with Crippen molar-refractivity contribution in [2.24, 2.45) is 0 Å². The number of nitrogens with zero attached hydrogens (tertiary/aromatic N) is 3. The monoisotopic (exact) mass is 375 g/mol. The zero-order valence-electron chi connectivity index (χ0n) is 15.7. The van der Waals surface area contributed by atoms with Crippen molar-refractivity contribution in [3.63, 3.8) is 0 Å². The van der Waals surface area contributed by atoms with Crippen LogP contribution in [-0.4, -0.2) is 46.2 Å². The Morgan fingerprint density at radius 3 is 2.62 bits per heavy atom. The third kappa shape index (κ3) is 4.55. The molecule has 0 aromatic carbocycles. The molecule has 0 unspecified atom stereocenters. The number of pyridine rings is 1. The fourth-order valence-corrected chi connectivity index (χ4v) is 4.18. The van der Waals surface area contributed by atoms with E-state index in [9.17, 15) is 14.9 Å². The normalized spacial score (nSPS) is 19.7. The van der Waals surface area contributed by atoms with Gasteiger partial charge in [-0.15, -0.1) is 0 Å². The van der Waals surface area contributed by atoms with Gasteiger partial charge in [0.05, 0.1) is 29.2 Å². The van der Waals surface area contributed by atoms with Gasteiger partial charge in [-0.2, -0.15) is 5.26 Å². The molecule has 1 aromatic heterocycles. The number of ether oxygens (including phenoxy) is 1. The molecule has 0 N–H and O–H groups in total. The van der Waals surface area contributed by atoms with Crippen LogP contribution in [0.25, 0.3) is 0 Å². The molecule has 2 heterocycles. The lowest BCUT2D eigenvalue weighted by atomic mass is 9.98. The van der Waals surface area contributed by atoms with Crippen LogP contribution < -0.4 is 0 Å². The highest BCUT2D eigenvalue weighted by molar-refractivity contribution is 8.00. The predicted octanol–water partition coefficient (Wildman–Crippen LogP) is 3.32. The summed E-state index contributed by atoms with van der Waals surface area (Å²) in [6.07, 6.45) is 3.19. The fraction of sp³-hybridized carbons (Fsp3) is 0.579. The quantitative estimate of drug-likeness (QED) is 0.580. The van der Waals surface area contributed by atoms with Crippen molar-refractivity contribution in [1.29, 1.82) is 5.26 Å². The van der Waals surface area contributed by atoms with Crippen LogP contribution in [0, 0.1) is 18.3 Å². The number of piperidine rings is 1. The van der Waals surface area contributed by atoms with Crippen LogP contribution in [0.1, 0.15) is 61.6 Å². The summed E-state index contributed by atoms with van der Waals surface area (Å²) in [6, 6.07) is 4.04. The molecule has 0 saturated carbocycles. The van der Waals surface area contributed by atoms with Gasteiger partial charge in [-0.1, -0.05) is 11.8 Å². The van der Waals surface area contributed by atoms with E-state index in [4.69, 9.17) is 4.74 Å². The summed E-state index contributed by atoms with van der Waals surface area (Å²) in [7, 11) is 0. The maximum atomic E-state index is 12.7. The Balaban J connectivity index is 2.14. The molecule has 2 atom stereocenters. The van der Waals surface area contributed by atoms with Gasteiger partial charge in [0.1, 0.15) is 11.1 Å². The first-order valence-electron chi connectivity index (χ1n) is 8.91. The molecule has 0 radical (unpaired) electrons. The number of aromatic nitrogens is 1. The third-order valence-electron chi connectivity index (χ3n) is 4.61. The molecule has 1 amide bonds. The first-order chi connectivity index (χ1) is 12.4. The van der Waals surface area contributed by atoms with Gasteiger partial charge in [0, 0.05) is 12.1 Å². The van der Waals surface area contributed by atoms with E-state index >= 15 is 0 Å². The molecule has 140 valence electrons. The Kier molecular flexibility index (Phi) is 7.04. The largest absolute Gasteiger partial charge is 0.462 e. The number of rotatable bonds is 5. The van der Waals surface area contributed by atoms with Gasteiger partial charge in [-0.05, 0) is 53.0 Å². The minimum Gasteiger partial charge on any atom is -0.462 e. The topological polar surface area (TPSA) is 83.3 Å². The smallest absolute Gasteiger partial charge is 0.340 e. The summed E-state index contributed by atoms with van der Waals surface area (Å²) >= 11 is 1.25. The first kappa shape index (κ1) is 20.2. The van der Waals surface area contributed by atoms with Crippen molar-refractivity contribution in [2.75, 3.05) is 12.4 Å². The van der Waals surface area contributed by atoms with Crippen molar-refractivity contribution >= 4 is 23.6 Å². The number of amides is 1. The van der Waals surface area contributed by atoms with E-state index in [1.807, 2.05) is 4.90 Å². The maximum absolute atomic E-state index is 12.7. The van der Waals surface area contributed by atoms with Crippen molar-refractivity contribution < 1.29 is 14.3 Å². The van der Waals surface area contributed by atoms with Crippen LogP contribution in [0.4, 0.5) is 0 Å². The average Bonchev–Trinajstić information content (AvgIpc) is 2.60. The fourth-order valence-electron chi connectivity index (χ4n) is 3.31. The van der Waals surface area contributed by atoms with Crippen molar-refractivity contribution in [3.05, 3.63) is 22.9 Å². The molecule has 1 aliphatic rings. The highest BCUT2D eigenvalue weighted by atomic mass is 32.2. The second kappa shape index (κ2) is 9.04. The van der Waals surface area contributed by atoms with E-state index in [0.29, 0.717) is 10.7 Å². The maximum Gasteiger partial charge on any atom is 0.340 e. The molecule has 1 saturated heterocycles. The van der Waals surface area contributed by atoms with E-state index in [2.05, 4.69) is 24.9 Å². The van der Waals surface area contributed by atoms with Gasteiger partial charge in [0.2, 0.25) is 5.91 Å². The number of thioether (sulfide) groups is 1. The SMILES string of the molecule is CCOC(=O)c1cc(C#N)c(SCC(=O)N2[C@H](C)CCC[C@@H]2C)nc1C. The minimum absolute atomic E-state index is 0.0625. The second-order valence-electron chi connectivity index (χ2n) is 6.52. The Morgan fingerprint density at radius 1 is 1.38 bits per heavy atom. The van der Waals surface area contributed by atoms with Crippen LogP contribution in [0.3, 0.4) is 0 Å². The summed E-state index contributed by atoms with van der Waals surface area (Å²) in [5, 5.41) is 9.87. The number of esters is 1. The molecule has 1 aliphatic heterocycles. The number of likely N-dealkylation sites (tertiary alicyclic amines) is 1.